The molecule has 1 aromatic heterocycles. The van der Waals surface area contributed by atoms with Gasteiger partial charge in [0.05, 0.1) is 36.7 Å². The van der Waals surface area contributed by atoms with Crippen LogP contribution in [0.2, 0.25) is 0 Å². The smallest absolute Gasteiger partial charge is 0.238 e. The van der Waals surface area contributed by atoms with Crippen molar-refractivity contribution in [1.29, 1.82) is 0 Å². The number of aromatic nitrogens is 2. The first-order valence-electron chi connectivity index (χ1n) is 9.89. The summed E-state index contributed by atoms with van der Waals surface area (Å²) in [5.41, 5.74) is 4.44. The normalized spacial score (nSPS) is 16.1. The third-order valence-corrected chi connectivity index (χ3v) is 6.57. The van der Waals surface area contributed by atoms with Crippen molar-refractivity contribution in [2.24, 2.45) is 0 Å². The molecule has 0 aliphatic carbocycles. The van der Waals surface area contributed by atoms with Crippen LogP contribution in [0.1, 0.15) is 10.9 Å². The maximum Gasteiger partial charge on any atom is 0.238 e. The van der Waals surface area contributed by atoms with Gasteiger partial charge in [0.15, 0.2) is 0 Å². The second-order valence-corrected chi connectivity index (χ2v) is 8.22. The highest BCUT2D eigenvalue weighted by Crippen LogP contribution is 2.47. The lowest BCUT2D eigenvalue weighted by molar-refractivity contribution is -0.115. The van der Waals surface area contributed by atoms with Gasteiger partial charge in [-0.2, -0.15) is 0 Å². The van der Waals surface area contributed by atoms with Gasteiger partial charge in [0.25, 0.3) is 0 Å². The van der Waals surface area contributed by atoms with Crippen LogP contribution in [0.25, 0.3) is 22.4 Å². The maximum atomic E-state index is 13.1. The number of carbonyl (C=O) groups is 1. The third kappa shape index (κ3) is 3.41. The summed E-state index contributed by atoms with van der Waals surface area (Å²) in [5.74, 6) is 2.61. The molecule has 0 bridgehead atoms. The number of thioether (sulfide) groups is 1. The van der Waals surface area contributed by atoms with Crippen LogP contribution in [0.3, 0.4) is 0 Å². The first-order chi connectivity index (χ1) is 15.2. The largest absolute Gasteiger partial charge is 0.497 e. The van der Waals surface area contributed by atoms with Crippen LogP contribution >= 0.6 is 11.8 Å². The summed E-state index contributed by atoms with van der Waals surface area (Å²) >= 11 is 1.57. The molecule has 1 fully saturated rings. The number of ether oxygens (including phenoxy) is 2. The molecule has 0 radical (unpaired) electrons. The number of hydrogen-bond acceptors (Lipinski definition) is 5. The molecule has 0 saturated carbocycles. The predicted octanol–water partition coefficient (Wildman–Crippen LogP) is 5.03. The van der Waals surface area contributed by atoms with Crippen molar-refractivity contribution in [3.05, 3.63) is 72.3 Å². The summed E-state index contributed by atoms with van der Waals surface area (Å²) in [7, 11) is 3.27. The Balaban J connectivity index is 1.63. The molecular formula is C24H21N3O3S. The van der Waals surface area contributed by atoms with Gasteiger partial charge in [0, 0.05) is 11.1 Å². The number of hydrogen-bond donors (Lipinski definition) is 1. The number of para-hydroxylation sites is 3. The Morgan fingerprint density at radius 1 is 1.03 bits per heavy atom. The summed E-state index contributed by atoms with van der Waals surface area (Å²) in [5, 5.41) is -0.233. The summed E-state index contributed by atoms with van der Waals surface area (Å²) in [4.78, 5) is 23.0. The number of rotatable bonds is 5. The molecule has 1 saturated heterocycles. The number of anilines is 1. The Morgan fingerprint density at radius 2 is 1.84 bits per heavy atom. The lowest BCUT2D eigenvalue weighted by atomic mass is 10.1. The molecule has 1 atom stereocenters. The molecule has 1 N–H and O–H groups in total. The topological polar surface area (TPSA) is 67.5 Å². The summed E-state index contributed by atoms with van der Waals surface area (Å²) in [6.07, 6.45) is 0. The van der Waals surface area contributed by atoms with Gasteiger partial charge in [-0.25, -0.2) is 4.98 Å². The number of H-pyrrole nitrogens is 1. The molecule has 4 aromatic rings. The van der Waals surface area contributed by atoms with E-state index in [1.807, 2.05) is 71.6 Å². The highest BCUT2D eigenvalue weighted by molar-refractivity contribution is 8.00. The third-order valence-electron chi connectivity index (χ3n) is 5.38. The van der Waals surface area contributed by atoms with Gasteiger partial charge in [-0.05, 0) is 42.5 Å². The number of nitrogens with zero attached hydrogens (tertiary/aromatic N) is 2. The van der Waals surface area contributed by atoms with E-state index in [1.54, 1.807) is 26.0 Å². The highest BCUT2D eigenvalue weighted by atomic mass is 32.2. The van der Waals surface area contributed by atoms with E-state index < -0.39 is 0 Å². The van der Waals surface area contributed by atoms with Gasteiger partial charge in [-0.1, -0.05) is 24.3 Å². The molecule has 3 aromatic carbocycles. The van der Waals surface area contributed by atoms with E-state index in [9.17, 15) is 4.79 Å². The fourth-order valence-corrected chi connectivity index (χ4v) is 5.09. The van der Waals surface area contributed by atoms with Crippen LogP contribution in [0, 0.1) is 0 Å². The van der Waals surface area contributed by atoms with Crippen LogP contribution in [-0.4, -0.2) is 35.8 Å². The van der Waals surface area contributed by atoms with Gasteiger partial charge in [0.2, 0.25) is 5.91 Å². The minimum atomic E-state index is -0.233. The molecule has 6 nitrogen and oxygen atoms in total. The van der Waals surface area contributed by atoms with Gasteiger partial charge in [0.1, 0.15) is 22.7 Å². The number of fused-ring (bicyclic) bond motifs is 1. The Bertz CT molecular complexity index is 1240. The van der Waals surface area contributed by atoms with Gasteiger partial charge < -0.3 is 14.5 Å². The Morgan fingerprint density at radius 3 is 2.65 bits per heavy atom. The summed E-state index contributed by atoms with van der Waals surface area (Å²) in [6, 6.07) is 21.4. The fraction of sp³-hybridized carbons (Fsp3) is 0.167. The van der Waals surface area contributed by atoms with Crippen LogP contribution < -0.4 is 14.4 Å². The highest BCUT2D eigenvalue weighted by Gasteiger charge is 2.37. The molecule has 156 valence electrons. The molecule has 5 rings (SSSR count). The minimum absolute atomic E-state index is 0.0448. The molecule has 1 aliphatic rings. The number of benzene rings is 3. The number of imidazole rings is 1. The number of amides is 1. The second-order valence-electron chi connectivity index (χ2n) is 7.15. The number of methoxy groups -OCH3 is 2. The first kappa shape index (κ1) is 19.5. The Labute approximate surface area is 184 Å². The molecule has 1 amide bonds. The van der Waals surface area contributed by atoms with Crippen molar-refractivity contribution >= 4 is 34.4 Å². The summed E-state index contributed by atoms with van der Waals surface area (Å²) < 4.78 is 11.0. The SMILES string of the molecule is COc1ccc(OC)c(C2SCC(=O)N2c2ccccc2-c2nc3ccccc3[nH]2)c1. The van der Waals surface area contributed by atoms with Crippen molar-refractivity contribution in [3.8, 4) is 22.9 Å². The molecule has 7 heteroatoms. The first-order valence-corrected chi connectivity index (χ1v) is 10.9. The van der Waals surface area contributed by atoms with Crippen molar-refractivity contribution < 1.29 is 14.3 Å². The minimum Gasteiger partial charge on any atom is -0.497 e. The molecule has 1 unspecified atom stereocenters. The van der Waals surface area contributed by atoms with E-state index in [0.29, 0.717) is 5.75 Å². The Kier molecular flexibility index (Phi) is 5.03. The van der Waals surface area contributed by atoms with E-state index >= 15 is 0 Å². The standard InChI is InChI=1S/C24H21N3O3S/c1-29-15-11-12-21(30-2)17(13-15)24-27(22(28)14-31-24)20-10-6-3-7-16(20)23-25-18-8-4-5-9-19(18)26-23/h3-13,24H,14H2,1-2H3,(H,25,26). The van der Waals surface area contributed by atoms with E-state index in [-0.39, 0.29) is 11.3 Å². The quantitative estimate of drug-likeness (QED) is 0.480. The molecule has 0 spiro atoms. The van der Waals surface area contributed by atoms with Gasteiger partial charge in [-0.15, -0.1) is 11.8 Å². The van der Waals surface area contributed by atoms with E-state index in [4.69, 9.17) is 14.5 Å². The maximum absolute atomic E-state index is 13.1. The number of nitrogens with one attached hydrogen (secondary N) is 1. The van der Waals surface area contributed by atoms with Gasteiger partial charge >= 0.3 is 0 Å². The van der Waals surface area contributed by atoms with Crippen molar-refractivity contribution in [2.75, 3.05) is 24.9 Å². The van der Waals surface area contributed by atoms with E-state index in [0.717, 1.165) is 45.2 Å². The number of carbonyl (C=O) groups excluding carboxylic acids is 1. The Hall–Kier alpha value is -3.45. The molecule has 31 heavy (non-hydrogen) atoms. The zero-order valence-corrected chi connectivity index (χ0v) is 18.0. The fourth-order valence-electron chi connectivity index (χ4n) is 3.91. The summed E-state index contributed by atoms with van der Waals surface area (Å²) in [6.45, 7) is 0. The number of aromatic amines is 1. The predicted molar refractivity (Wildman–Crippen MR) is 124 cm³/mol. The van der Waals surface area contributed by atoms with Crippen LogP contribution in [0.5, 0.6) is 11.5 Å². The average Bonchev–Trinajstić information content (AvgIpc) is 3.42. The van der Waals surface area contributed by atoms with Crippen molar-refractivity contribution in [3.63, 3.8) is 0 Å². The van der Waals surface area contributed by atoms with Crippen LogP contribution in [-0.2, 0) is 4.79 Å². The van der Waals surface area contributed by atoms with Crippen molar-refractivity contribution in [2.45, 2.75) is 5.37 Å². The lowest BCUT2D eigenvalue weighted by Gasteiger charge is -2.27. The van der Waals surface area contributed by atoms with Crippen LogP contribution in [0.15, 0.2) is 66.7 Å². The van der Waals surface area contributed by atoms with Crippen molar-refractivity contribution in [1.82, 2.24) is 9.97 Å². The monoisotopic (exact) mass is 431 g/mol. The van der Waals surface area contributed by atoms with E-state index in [1.165, 1.54) is 0 Å². The zero-order valence-electron chi connectivity index (χ0n) is 17.2. The average molecular weight is 432 g/mol. The van der Waals surface area contributed by atoms with Gasteiger partial charge in [-0.3, -0.25) is 9.69 Å². The van der Waals surface area contributed by atoms with Crippen LogP contribution in [0.4, 0.5) is 5.69 Å². The molecule has 1 aliphatic heterocycles. The second kappa shape index (κ2) is 8.00. The van der Waals surface area contributed by atoms with E-state index in [2.05, 4.69) is 4.98 Å². The molecular weight excluding hydrogens is 410 g/mol. The lowest BCUT2D eigenvalue weighted by Crippen LogP contribution is -2.28. The zero-order chi connectivity index (χ0) is 21.4. The molecule has 2 heterocycles.